The van der Waals surface area contributed by atoms with E-state index in [-0.39, 0.29) is 11.1 Å². The van der Waals surface area contributed by atoms with Gasteiger partial charge in [0.1, 0.15) is 0 Å². The van der Waals surface area contributed by atoms with Crippen LogP contribution in [0, 0.1) is 23.3 Å². The summed E-state index contributed by atoms with van der Waals surface area (Å²) in [4.78, 5) is 10.9. The molecule has 0 bridgehead atoms. The maximum atomic E-state index is 14.1. The number of methoxy groups -OCH3 is 1. The topological polar surface area (TPSA) is 35.5 Å². The highest BCUT2D eigenvalue weighted by atomic mass is 19.1. The molecular weight excluding hydrogens is 340 g/mol. The van der Waals surface area contributed by atoms with Gasteiger partial charge in [0, 0.05) is 12.3 Å². The third-order valence-corrected chi connectivity index (χ3v) is 3.89. The van der Waals surface area contributed by atoms with Crippen LogP contribution in [-0.4, -0.2) is 13.1 Å². The van der Waals surface area contributed by atoms with Crippen LogP contribution in [0.1, 0.15) is 31.9 Å². The SMILES string of the molecule is COc1c(F)cc(C(C)(C)c2cc(F)c(OC(C)=O)c(F)c2)cc1F. The van der Waals surface area contributed by atoms with Gasteiger partial charge in [-0.2, -0.15) is 0 Å². The van der Waals surface area contributed by atoms with Gasteiger partial charge >= 0.3 is 5.97 Å². The van der Waals surface area contributed by atoms with Gasteiger partial charge in [-0.15, -0.1) is 0 Å². The summed E-state index contributed by atoms with van der Waals surface area (Å²) in [6.07, 6.45) is 0. The van der Waals surface area contributed by atoms with E-state index in [4.69, 9.17) is 0 Å². The summed E-state index contributed by atoms with van der Waals surface area (Å²) < 4.78 is 65.2. The van der Waals surface area contributed by atoms with E-state index < -0.39 is 46.2 Å². The van der Waals surface area contributed by atoms with Gasteiger partial charge in [-0.25, -0.2) is 17.6 Å². The Labute approximate surface area is 142 Å². The molecule has 0 amide bonds. The van der Waals surface area contributed by atoms with Crippen LogP contribution < -0.4 is 9.47 Å². The molecule has 0 heterocycles. The summed E-state index contributed by atoms with van der Waals surface area (Å²) in [5.41, 5.74) is -0.866. The zero-order valence-electron chi connectivity index (χ0n) is 14.0. The summed E-state index contributed by atoms with van der Waals surface area (Å²) >= 11 is 0. The Hall–Kier alpha value is -2.57. The van der Waals surface area contributed by atoms with Crippen molar-refractivity contribution in [3.05, 3.63) is 58.7 Å². The summed E-state index contributed by atoms with van der Waals surface area (Å²) in [5.74, 6) is -6.27. The Balaban J connectivity index is 2.55. The van der Waals surface area contributed by atoms with E-state index in [1.165, 1.54) is 0 Å². The molecule has 134 valence electrons. The zero-order valence-corrected chi connectivity index (χ0v) is 14.0. The number of ether oxygens (including phenoxy) is 2. The van der Waals surface area contributed by atoms with E-state index >= 15 is 0 Å². The van der Waals surface area contributed by atoms with Crippen molar-refractivity contribution in [2.45, 2.75) is 26.2 Å². The summed E-state index contributed by atoms with van der Waals surface area (Å²) in [6.45, 7) is 4.11. The number of rotatable bonds is 4. The Morgan fingerprint density at radius 1 is 0.840 bits per heavy atom. The highest BCUT2D eigenvalue weighted by Crippen LogP contribution is 2.37. The van der Waals surface area contributed by atoms with Crippen LogP contribution in [0.25, 0.3) is 0 Å². The summed E-state index contributed by atoms with van der Waals surface area (Å²) in [6, 6.07) is 4.00. The number of benzene rings is 2. The van der Waals surface area contributed by atoms with Crippen molar-refractivity contribution in [1.82, 2.24) is 0 Å². The highest BCUT2D eigenvalue weighted by Gasteiger charge is 2.29. The van der Waals surface area contributed by atoms with Gasteiger partial charge in [0.05, 0.1) is 7.11 Å². The first-order valence-corrected chi connectivity index (χ1v) is 7.29. The van der Waals surface area contributed by atoms with Crippen molar-refractivity contribution >= 4 is 5.97 Å². The molecule has 0 aliphatic carbocycles. The molecule has 2 aromatic carbocycles. The van der Waals surface area contributed by atoms with Crippen molar-refractivity contribution < 1.29 is 31.8 Å². The lowest BCUT2D eigenvalue weighted by atomic mass is 9.78. The van der Waals surface area contributed by atoms with E-state index in [9.17, 15) is 22.4 Å². The van der Waals surface area contributed by atoms with Gasteiger partial charge in [0.25, 0.3) is 0 Å². The number of carbonyl (C=O) groups is 1. The molecule has 0 aromatic heterocycles. The molecule has 0 saturated carbocycles. The molecule has 25 heavy (non-hydrogen) atoms. The standard InChI is InChI=1S/C18H16F4O3/c1-9(23)25-17-14(21)7-11(8-15(17)22)18(2,3)10-5-12(19)16(24-4)13(20)6-10/h5-8H,1-4H3. The molecule has 0 aliphatic rings. The number of hydrogen-bond acceptors (Lipinski definition) is 3. The molecule has 3 nitrogen and oxygen atoms in total. The zero-order chi connectivity index (χ0) is 18.9. The van der Waals surface area contributed by atoms with Crippen molar-refractivity contribution in [1.29, 1.82) is 0 Å². The minimum Gasteiger partial charge on any atom is -0.491 e. The number of carbonyl (C=O) groups excluding carboxylic acids is 1. The van der Waals surface area contributed by atoms with Gasteiger partial charge < -0.3 is 9.47 Å². The molecule has 2 rings (SSSR count). The molecule has 0 atom stereocenters. The molecule has 7 heteroatoms. The van der Waals surface area contributed by atoms with Gasteiger partial charge in [0.2, 0.25) is 5.75 Å². The van der Waals surface area contributed by atoms with Crippen molar-refractivity contribution in [2.24, 2.45) is 0 Å². The molecule has 0 N–H and O–H groups in total. The third-order valence-electron chi connectivity index (χ3n) is 3.89. The molecule has 0 radical (unpaired) electrons. The predicted octanol–water partition coefficient (Wildman–Crippen LogP) is 4.50. The predicted molar refractivity (Wildman–Crippen MR) is 82.7 cm³/mol. The number of esters is 1. The first-order chi connectivity index (χ1) is 11.6. The molecule has 0 spiro atoms. The first kappa shape index (κ1) is 18.8. The fraction of sp³-hybridized carbons (Fsp3) is 0.278. The molecule has 0 fully saturated rings. The third kappa shape index (κ3) is 3.60. The van der Waals surface area contributed by atoms with Gasteiger partial charge in [-0.3, -0.25) is 4.79 Å². The van der Waals surface area contributed by atoms with Crippen LogP contribution in [0.2, 0.25) is 0 Å². The largest absolute Gasteiger partial charge is 0.491 e. The van der Waals surface area contributed by atoms with Crippen LogP contribution in [0.5, 0.6) is 11.5 Å². The van der Waals surface area contributed by atoms with Crippen LogP contribution in [0.4, 0.5) is 17.6 Å². The average molecular weight is 356 g/mol. The molecule has 0 aliphatic heterocycles. The van der Waals surface area contributed by atoms with Crippen LogP contribution in [0.3, 0.4) is 0 Å². The van der Waals surface area contributed by atoms with Gasteiger partial charge in [-0.05, 0) is 35.4 Å². The molecule has 0 unspecified atom stereocenters. The first-order valence-electron chi connectivity index (χ1n) is 7.29. The molecule has 0 saturated heterocycles. The maximum absolute atomic E-state index is 14.1. The minimum atomic E-state index is -1.13. The summed E-state index contributed by atoms with van der Waals surface area (Å²) in [5, 5.41) is 0. The average Bonchev–Trinajstić information content (AvgIpc) is 2.50. The monoisotopic (exact) mass is 356 g/mol. The van der Waals surface area contributed by atoms with Crippen LogP contribution in [0.15, 0.2) is 24.3 Å². The fourth-order valence-corrected chi connectivity index (χ4v) is 2.44. The van der Waals surface area contributed by atoms with Crippen molar-refractivity contribution in [3.63, 3.8) is 0 Å². The van der Waals surface area contributed by atoms with Crippen molar-refractivity contribution in [2.75, 3.05) is 7.11 Å². The summed E-state index contributed by atoms with van der Waals surface area (Å²) in [7, 11) is 1.13. The lowest BCUT2D eigenvalue weighted by Gasteiger charge is -2.27. The Kier molecular flexibility index (Phi) is 5.06. The minimum absolute atomic E-state index is 0.113. The molecule has 2 aromatic rings. The Morgan fingerprint density at radius 3 is 1.52 bits per heavy atom. The quantitative estimate of drug-likeness (QED) is 0.460. The van der Waals surface area contributed by atoms with E-state index in [1.807, 2.05) is 0 Å². The number of halogens is 4. The van der Waals surface area contributed by atoms with Crippen LogP contribution >= 0.6 is 0 Å². The fourth-order valence-electron chi connectivity index (χ4n) is 2.44. The van der Waals surface area contributed by atoms with E-state index in [0.29, 0.717) is 0 Å². The Bertz CT molecular complexity index is 785. The van der Waals surface area contributed by atoms with Crippen LogP contribution in [-0.2, 0) is 10.2 Å². The molecular formula is C18H16F4O3. The number of hydrogen-bond donors (Lipinski definition) is 0. The van der Waals surface area contributed by atoms with E-state index in [2.05, 4.69) is 9.47 Å². The maximum Gasteiger partial charge on any atom is 0.308 e. The Morgan fingerprint density at radius 2 is 1.20 bits per heavy atom. The van der Waals surface area contributed by atoms with E-state index in [1.54, 1.807) is 13.8 Å². The smallest absolute Gasteiger partial charge is 0.308 e. The van der Waals surface area contributed by atoms with E-state index in [0.717, 1.165) is 38.3 Å². The van der Waals surface area contributed by atoms with Crippen molar-refractivity contribution in [3.8, 4) is 11.5 Å². The highest BCUT2D eigenvalue weighted by molar-refractivity contribution is 5.69. The second kappa shape index (κ2) is 6.74. The lowest BCUT2D eigenvalue weighted by Crippen LogP contribution is -2.21. The lowest BCUT2D eigenvalue weighted by molar-refractivity contribution is -0.132. The normalized spacial score (nSPS) is 11.4. The van der Waals surface area contributed by atoms with Gasteiger partial charge in [0.15, 0.2) is 29.0 Å². The van der Waals surface area contributed by atoms with Gasteiger partial charge in [-0.1, -0.05) is 13.8 Å². The second-order valence-corrected chi connectivity index (χ2v) is 5.96. The second-order valence-electron chi connectivity index (χ2n) is 5.96.